The standard InChI is InChI=1S/C11H19NO4S/c1-9(11(13)16-2)3-5-12-7-10-4-6-17(14,15)8-10/h3,10,12H,4-8H2,1-2H3. The van der Waals surface area contributed by atoms with Crippen LogP contribution in [0.2, 0.25) is 0 Å². The highest BCUT2D eigenvalue weighted by atomic mass is 32.2. The molecule has 1 unspecified atom stereocenters. The van der Waals surface area contributed by atoms with Crippen LogP contribution in [0.3, 0.4) is 0 Å². The first-order valence-electron chi connectivity index (χ1n) is 5.61. The van der Waals surface area contributed by atoms with Crippen LogP contribution in [-0.4, -0.2) is 46.1 Å². The van der Waals surface area contributed by atoms with Crippen LogP contribution in [0, 0.1) is 5.92 Å². The molecule has 0 aromatic heterocycles. The third-order valence-corrected chi connectivity index (χ3v) is 4.66. The van der Waals surface area contributed by atoms with E-state index >= 15 is 0 Å². The van der Waals surface area contributed by atoms with Crippen molar-refractivity contribution in [1.29, 1.82) is 0 Å². The Labute approximate surface area is 102 Å². The second-order valence-electron chi connectivity index (χ2n) is 4.31. The summed E-state index contributed by atoms with van der Waals surface area (Å²) in [6.07, 6.45) is 2.48. The lowest BCUT2D eigenvalue weighted by molar-refractivity contribution is -0.136. The molecule has 0 aliphatic carbocycles. The highest BCUT2D eigenvalue weighted by Crippen LogP contribution is 2.17. The van der Waals surface area contributed by atoms with Gasteiger partial charge in [-0.2, -0.15) is 0 Å². The molecule has 1 atom stereocenters. The van der Waals surface area contributed by atoms with Gasteiger partial charge in [0.05, 0.1) is 18.6 Å². The molecule has 0 amide bonds. The fourth-order valence-corrected chi connectivity index (χ4v) is 3.65. The molecule has 1 fully saturated rings. The average Bonchev–Trinajstić information content (AvgIpc) is 2.63. The van der Waals surface area contributed by atoms with Gasteiger partial charge in [0.1, 0.15) is 0 Å². The van der Waals surface area contributed by atoms with Gasteiger partial charge in [0, 0.05) is 12.1 Å². The first-order valence-corrected chi connectivity index (χ1v) is 7.43. The van der Waals surface area contributed by atoms with E-state index in [2.05, 4.69) is 10.1 Å². The Hall–Kier alpha value is -0.880. The molecule has 0 bridgehead atoms. The summed E-state index contributed by atoms with van der Waals surface area (Å²) in [4.78, 5) is 11.0. The van der Waals surface area contributed by atoms with Gasteiger partial charge in [-0.1, -0.05) is 6.08 Å². The van der Waals surface area contributed by atoms with Gasteiger partial charge in [0.2, 0.25) is 0 Å². The van der Waals surface area contributed by atoms with E-state index in [-0.39, 0.29) is 17.6 Å². The Bertz CT molecular complexity index is 400. The van der Waals surface area contributed by atoms with Crippen molar-refractivity contribution in [2.75, 3.05) is 31.7 Å². The largest absolute Gasteiger partial charge is 0.466 e. The van der Waals surface area contributed by atoms with E-state index in [0.717, 1.165) is 6.42 Å². The smallest absolute Gasteiger partial charge is 0.333 e. The zero-order valence-electron chi connectivity index (χ0n) is 10.2. The zero-order chi connectivity index (χ0) is 12.9. The number of carbonyl (C=O) groups excluding carboxylic acids is 1. The van der Waals surface area contributed by atoms with Gasteiger partial charge in [-0.3, -0.25) is 0 Å². The van der Waals surface area contributed by atoms with Crippen molar-refractivity contribution in [3.8, 4) is 0 Å². The molecule has 0 aromatic carbocycles. The number of hydrogen-bond acceptors (Lipinski definition) is 5. The SMILES string of the molecule is COC(=O)C(C)=CCNCC1CCS(=O)(=O)C1. The Morgan fingerprint density at radius 1 is 1.53 bits per heavy atom. The highest BCUT2D eigenvalue weighted by Gasteiger charge is 2.27. The first-order chi connectivity index (χ1) is 7.94. The number of carbonyl (C=O) groups is 1. The molecule has 1 heterocycles. The topological polar surface area (TPSA) is 72.5 Å². The van der Waals surface area contributed by atoms with E-state index in [1.165, 1.54) is 7.11 Å². The number of sulfone groups is 1. The normalized spacial score (nSPS) is 23.6. The average molecular weight is 261 g/mol. The number of methoxy groups -OCH3 is 1. The molecule has 0 saturated carbocycles. The van der Waals surface area contributed by atoms with E-state index in [4.69, 9.17) is 0 Å². The molecule has 0 radical (unpaired) electrons. The number of nitrogens with one attached hydrogen (secondary N) is 1. The van der Waals surface area contributed by atoms with Gasteiger partial charge in [-0.15, -0.1) is 0 Å². The summed E-state index contributed by atoms with van der Waals surface area (Å²) in [7, 11) is -1.45. The first kappa shape index (κ1) is 14.2. The van der Waals surface area contributed by atoms with Gasteiger partial charge in [-0.25, -0.2) is 13.2 Å². The van der Waals surface area contributed by atoms with Crippen LogP contribution in [0.25, 0.3) is 0 Å². The van der Waals surface area contributed by atoms with Crippen LogP contribution in [0.1, 0.15) is 13.3 Å². The minimum Gasteiger partial charge on any atom is -0.466 e. The van der Waals surface area contributed by atoms with Crippen molar-refractivity contribution < 1.29 is 17.9 Å². The molecule has 1 aliphatic rings. The minimum atomic E-state index is -2.80. The van der Waals surface area contributed by atoms with Crippen LogP contribution in [0.4, 0.5) is 0 Å². The molecular formula is C11H19NO4S. The van der Waals surface area contributed by atoms with Crippen molar-refractivity contribution in [3.05, 3.63) is 11.6 Å². The molecule has 0 aromatic rings. The lowest BCUT2D eigenvalue weighted by atomic mass is 10.1. The van der Waals surface area contributed by atoms with Gasteiger partial charge in [0.15, 0.2) is 9.84 Å². The predicted octanol–water partition coefficient (Wildman–Crippen LogP) is 0.130. The summed E-state index contributed by atoms with van der Waals surface area (Å²) >= 11 is 0. The predicted molar refractivity (Wildman–Crippen MR) is 65.4 cm³/mol. The van der Waals surface area contributed by atoms with Crippen LogP contribution in [0.15, 0.2) is 11.6 Å². The van der Waals surface area contributed by atoms with E-state index in [1.54, 1.807) is 13.0 Å². The third-order valence-electron chi connectivity index (χ3n) is 2.82. The fraction of sp³-hybridized carbons (Fsp3) is 0.727. The minimum absolute atomic E-state index is 0.201. The summed E-state index contributed by atoms with van der Waals surface area (Å²) in [6, 6.07) is 0. The molecular weight excluding hydrogens is 242 g/mol. The van der Waals surface area contributed by atoms with Crippen LogP contribution in [0.5, 0.6) is 0 Å². The van der Waals surface area contributed by atoms with Crippen molar-refractivity contribution in [2.45, 2.75) is 13.3 Å². The summed E-state index contributed by atoms with van der Waals surface area (Å²) in [5.74, 6) is 0.442. The molecule has 1 aliphatic heterocycles. The van der Waals surface area contributed by atoms with E-state index in [1.807, 2.05) is 0 Å². The van der Waals surface area contributed by atoms with Crippen molar-refractivity contribution in [3.63, 3.8) is 0 Å². The highest BCUT2D eigenvalue weighted by molar-refractivity contribution is 7.91. The van der Waals surface area contributed by atoms with Crippen molar-refractivity contribution >= 4 is 15.8 Å². The summed E-state index contributed by atoms with van der Waals surface area (Å²) in [5, 5.41) is 3.13. The molecule has 98 valence electrons. The Kier molecular flexibility index (Phi) is 5.14. The monoisotopic (exact) mass is 261 g/mol. The van der Waals surface area contributed by atoms with Gasteiger partial charge >= 0.3 is 5.97 Å². The van der Waals surface area contributed by atoms with E-state index in [9.17, 15) is 13.2 Å². The zero-order valence-corrected chi connectivity index (χ0v) is 11.0. The molecule has 6 heteroatoms. The summed E-state index contributed by atoms with van der Waals surface area (Å²) in [6.45, 7) is 2.91. The molecule has 1 N–H and O–H groups in total. The van der Waals surface area contributed by atoms with E-state index in [0.29, 0.717) is 24.4 Å². The molecule has 17 heavy (non-hydrogen) atoms. The Morgan fingerprint density at radius 2 is 2.24 bits per heavy atom. The quantitative estimate of drug-likeness (QED) is 0.433. The number of hydrogen-bond donors (Lipinski definition) is 1. The van der Waals surface area contributed by atoms with Crippen molar-refractivity contribution in [1.82, 2.24) is 5.32 Å². The molecule has 1 saturated heterocycles. The van der Waals surface area contributed by atoms with Gasteiger partial charge in [-0.05, 0) is 25.8 Å². The summed E-state index contributed by atoms with van der Waals surface area (Å²) < 4.78 is 27.0. The van der Waals surface area contributed by atoms with Gasteiger partial charge in [0.25, 0.3) is 0 Å². The molecule has 1 rings (SSSR count). The number of rotatable bonds is 5. The maximum Gasteiger partial charge on any atom is 0.333 e. The Balaban J connectivity index is 2.23. The number of esters is 1. The van der Waals surface area contributed by atoms with Gasteiger partial charge < -0.3 is 10.1 Å². The molecule has 0 spiro atoms. The maximum atomic E-state index is 11.2. The van der Waals surface area contributed by atoms with Crippen LogP contribution in [-0.2, 0) is 19.4 Å². The van der Waals surface area contributed by atoms with Crippen molar-refractivity contribution in [2.24, 2.45) is 5.92 Å². The molecule has 5 nitrogen and oxygen atoms in total. The lowest BCUT2D eigenvalue weighted by Gasteiger charge is -2.07. The number of ether oxygens (including phenoxy) is 1. The fourth-order valence-electron chi connectivity index (χ4n) is 1.79. The second-order valence-corrected chi connectivity index (χ2v) is 6.53. The maximum absolute atomic E-state index is 11.2. The second kappa shape index (κ2) is 6.16. The van der Waals surface area contributed by atoms with Crippen LogP contribution < -0.4 is 5.32 Å². The lowest BCUT2D eigenvalue weighted by Crippen LogP contribution is -2.24. The summed E-state index contributed by atoms with van der Waals surface area (Å²) in [5.41, 5.74) is 0.555. The third kappa shape index (κ3) is 4.87. The van der Waals surface area contributed by atoms with E-state index < -0.39 is 9.84 Å². The van der Waals surface area contributed by atoms with Crippen LogP contribution >= 0.6 is 0 Å². The Morgan fingerprint density at radius 3 is 2.76 bits per heavy atom.